The van der Waals surface area contributed by atoms with Crippen LogP contribution >= 0.6 is 0 Å². The third-order valence-corrected chi connectivity index (χ3v) is 4.70. The van der Waals surface area contributed by atoms with Crippen LogP contribution in [0.4, 0.5) is 0 Å². The molecule has 0 fully saturated rings. The number of rotatable bonds is 6. The van der Waals surface area contributed by atoms with Crippen LogP contribution in [0.5, 0.6) is 0 Å². The Hall–Kier alpha value is -2.85. The molecule has 2 heterocycles. The molecule has 2 aromatic heterocycles. The van der Waals surface area contributed by atoms with E-state index in [-0.39, 0.29) is 10.8 Å². The van der Waals surface area contributed by atoms with E-state index >= 15 is 0 Å². The SMILES string of the molecule is O=C(O)CNS(=O)(=O)c1ccc(-c2nc(-c3ccbcc3)no2)cc1. The molecule has 0 aliphatic carbocycles. The minimum absolute atomic E-state index is 0.0553. The van der Waals surface area contributed by atoms with Gasteiger partial charge in [-0.2, -0.15) is 0 Å². The standard InChI is InChI=1S/C15H12BN3O5S/c20-13(21)9-17-25(22,23)12-3-1-11(2-4-12)15-18-14(19-24-15)10-5-7-16-8-6-10/h1-8,17H,9H2,(H,20,21). The van der Waals surface area contributed by atoms with Crippen molar-refractivity contribution in [3.8, 4) is 22.8 Å². The molecule has 3 aromatic rings. The fourth-order valence-electron chi connectivity index (χ4n) is 2.06. The molecule has 0 saturated heterocycles. The summed E-state index contributed by atoms with van der Waals surface area (Å²) in [5.41, 5.74) is 1.35. The van der Waals surface area contributed by atoms with Crippen LogP contribution in [0.3, 0.4) is 0 Å². The van der Waals surface area contributed by atoms with Gasteiger partial charge in [0.2, 0.25) is 0 Å². The van der Waals surface area contributed by atoms with E-state index in [0.717, 1.165) is 5.56 Å². The Kier molecular flexibility index (Phi) is 4.73. The molecule has 0 spiro atoms. The average Bonchev–Trinajstić information content (AvgIpc) is 3.11. The number of hydrogen-bond acceptors (Lipinski definition) is 6. The van der Waals surface area contributed by atoms with Gasteiger partial charge in [0.05, 0.1) is 0 Å². The van der Waals surface area contributed by atoms with Crippen molar-refractivity contribution in [3.63, 3.8) is 0 Å². The molecule has 0 amide bonds. The van der Waals surface area contributed by atoms with Crippen LogP contribution in [-0.4, -0.2) is 43.1 Å². The molecule has 0 aliphatic heterocycles. The first kappa shape index (κ1) is 17.0. The molecule has 0 unspecified atom stereocenters. The summed E-state index contributed by atoms with van der Waals surface area (Å²) in [6, 6.07) is 9.39. The number of sulfonamides is 1. The van der Waals surface area contributed by atoms with Crippen LogP contribution in [-0.2, 0) is 14.8 Å². The Morgan fingerprint density at radius 2 is 1.80 bits per heavy atom. The number of aromatic nitrogens is 2. The summed E-state index contributed by atoms with van der Waals surface area (Å²) in [5.74, 6) is 3.13. The normalized spacial score (nSPS) is 11.2. The number of hydrogen-bond donors (Lipinski definition) is 2. The van der Waals surface area contributed by atoms with Crippen LogP contribution in [0.2, 0.25) is 0 Å². The molecular formula is C15H12BN3O5S. The first-order valence-electron chi connectivity index (χ1n) is 7.17. The Morgan fingerprint density at radius 1 is 1.12 bits per heavy atom. The molecular weight excluding hydrogens is 345 g/mol. The summed E-state index contributed by atoms with van der Waals surface area (Å²) in [6.45, 7) is 1.19. The van der Waals surface area contributed by atoms with Crippen molar-refractivity contribution in [2.24, 2.45) is 0 Å². The van der Waals surface area contributed by atoms with Gasteiger partial charge in [-0.1, -0.05) is 0 Å². The van der Waals surface area contributed by atoms with Gasteiger partial charge in [0.25, 0.3) is 0 Å². The second kappa shape index (κ2) is 6.95. The molecule has 0 aliphatic rings. The van der Waals surface area contributed by atoms with Gasteiger partial charge in [0.1, 0.15) is 6.54 Å². The third-order valence-electron chi connectivity index (χ3n) is 3.28. The predicted molar refractivity (Wildman–Crippen MR) is 89.3 cm³/mol. The van der Waals surface area contributed by atoms with E-state index in [1.807, 2.05) is 35.7 Å². The van der Waals surface area contributed by atoms with Crippen LogP contribution in [0, 0.1) is 0 Å². The zero-order valence-corrected chi connectivity index (χ0v) is 13.6. The number of nitrogens with one attached hydrogen (secondary N) is 1. The van der Waals surface area contributed by atoms with Crippen LogP contribution in [0.25, 0.3) is 22.8 Å². The number of carboxylic acid groups (broad SMARTS) is 1. The zero-order valence-electron chi connectivity index (χ0n) is 12.8. The number of aliphatic carboxylic acids is 1. The summed E-state index contributed by atoms with van der Waals surface area (Å²) in [7, 11) is -3.89. The van der Waals surface area contributed by atoms with E-state index in [2.05, 4.69) is 10.1 Å². The summed E-state index contributed by atoms with van der Waals surface area (Å²) in [6.07, 6.45) is 0. The first-order chi connectivity index (χ1) is 12.0. The second-order valence-electron chi connectivity index (χ2n) is 5.03. The topological polar surface area (TPSA) is 122 Å². The Labute approximate surface area is 143 Å². The van der Waals surface area contributed by atoms with Gasteiger partial charge in [0.15, 0.2) is 0 Å². The van der Waals surface area contributed by atoms with Gasteiger partial charge in [-0.15, -0.1) is 0 Å². The minimum atomic E-state index is -3.89. The molecule has 25 heavy (non-hydrogen) atoms. The fraction of sp³-hybridized carbons (Fsp3) is 0.0667. The average molecular weight is 357 g/mol. The van der Waals surface area contributed by atoms with E-state index in [9.17, 15) is 13.2 Å². The van der Waals surface area contributed by atoms with E-state index in [0.29, 0.717) is 11.4 Å². The maximum absolute atomic E-state index is 11.9. The monoisotopic (exact) mass is 357 g/mol. The Morgan fingerprint density at radius 3 is 2.44 bits per heavy atom. The van der Waals surface area contributed by atoms with Gasteiger partial charge >= 0.3 is 127 Å². The molecule has 10 heteroatoms. The van der Waals surface area contributed by atoms with E-state index in [1.54, 1.807) is 0 Å². The first-order valence-corrected chi connectivity index (χ1v) is 8.65. The van der Waals surface area contributed by atoms with Crippen molar-refractivity contribution < 1.29 is 22.8 Å². The summed E-state index contributed by atoms with van der Waals surface area (Å²) < 4.78 is 31.1. The van der Waals surface area contributed by atoms with Gasteiger partial charge in [-0.25, -0.2) is 0 Å². The Balaban J connectivity index is 1.81. The molecule has 8 nitrogen and oxygen atoms in total. The van der Waals surface area contributed by atoms with Crippen molar-refractivity contribution in [3.05, 3.63) is 48.3 Å². The van der Waals surface area contributed by atoms with E-state index in [4.69, 9.17) is 9.63 Å². The van der Waals surface area contributed by atoms with Gasteiger partial charge in [0, 0.05) is 0 Å². The van der Waals surface area contributed by atoms with Crippen molar-refractivity contribution in [1.82, 2.24) is 14.9 Å². The Bertz CT molecular complexity index is 988. The van der Waals surface area contributed by atoms with E-state index in [1.165, 1.54) is 24.3 Å². The molecule has 2 N–H and O–H groups in total. The maximum atomic E-state index is 11.9. The van der Waals surface area contributed by atoms with Gasteiger partial charge in [-0.05, 0) is 0 Å². The number of carboxylic acids is 1. The van der Waals surface area contributed by atoms with Crippen LogP contribution < -0.4 is 4.72 Å². The molecule has 0 saturated carbocycles. The van der Waals surface area contributed by atoms with Crippen molar-refractivity contribution >= 4 is 22.9 Å². The number of benzene rings is 1. The van der Waals surface area contributed by atoms with Gasteiger partial charge < -0.3 is 5.11 Å². The van der Waals surface area contributed by atoms with Crippen molar-refractivity contribution in [2.75, 3.05) is 6.54 Å². The summed E-state index contributed by atoms with van der Waals surface area (Å²) in [5, 5.41) is 12.5. The molecule has 126 valence electrons. The number of carbonyl (C=O) groups is 1. The molecule has 0 atom stereocenters. The zero-order chi connectivity index (χ0) is 17.9. The van der Waals surface area contributed by atoms with Crippen molar-refractivity contribution in [2.45, 2.75) is 4.90 Å². The molecule has 0 radical (unpaired) electrons. The summed E-state index contributed by atoms with van der Waals surface area (Å²) >= 11 is 0. The van der Waals surface area contributed by atoms with Crippen LogP contribution in [0.1, 0.15) is 0 Å². The fourth-order valence-corrected chi connectivity index (χ4v) is 3.04. The van der Waals surface area contributed by atoms with Crippen LogP contribution in [0.15, 0.2) is 57.7 Å². The van der Waals surface area contributed by atoms with Gasteiger partial charge in [-0.3, -0.25) is 4.79 Å². The number of nitrogens with zero attached hydrogens (tertiary/aromatic N) is 2. The van der Waals surface area contributed by atoms with E-state index < -0.39 is 22.5 Å². The quantitative estimate of drug-likeness (QED) is 0.677. The molecule has 3 rings (SSSR count). The third kappa shape index (κ3) is 3.98. The molecule has 0 bridgehead atoms. The second-order valence-corrected chi connectivity index (χ2v) is 6.80. The predicted octanol–water partition coefficient (Wildman–Crippen LogP) is 1.10. The molecule has 1 aromatic carbocycles. The van der Waals surface area contributed by atoms with Crippen molar-refractivity contribution in [1.29, 1.82) is 0 Å². The summed E-state index contributed by atoms with van der Waals surface area (Å²) in [4.78, 5) is 14.7.